The Kier molecular flexibility index (Phi) is 13.1. The lowest BCUT2D eigenvalue weighted by molar-refractivity contribution is -0.247. The molecule has 10 atom stereocenters. The van der Waals surface area contributed by atoms with Gasteiger partial charge in [0.05, 0.1) is 18.1 Å². The molecule has 5 saturated carbocycles. The smallest absolute Gasteiger partial charge is 0.312 e. The van der Waals surface area contributed by atoms with Crippen molar-refractivity contribution in [1.29, 1.82) is 0 Å². The number of carbonyl (C=O) groups is 3. The van der Waals surface area contributed by atoms with Crippen molar-refractivity contribution >= 4 is 29.5 Å². The van der Waals surface area contributed by atoms with E-state index in [1.54, 1.807) is 11.8 Å². The summed E-state index contributed by atoms with van der Waals surface area (Å²) >= 11 is 1.70. The summed E-state index contributed by atoms with van der Waals surface area (Å²) in [4.78, 5) is 42.2. The van der Waals surface area contributed by atoms with E-state index in [1.165, 1.54) is 4.90 Å². The van der Waals surface area contributed by atoms with Gasteiger partial charge in [-0.1, -0.05) is 72.5 Å². The van der Waals surface area contributed by atoms with Crippen LogP contribution in [0.25, 0.3) is 0 Å². The molecule has 0 aliphatic heterocycles. The normalized spacial score (nSPS) is 39.1. The average Bonchev–Trinajstić information content (AvgIpc) is 3.49. The zero-order valence-corrected chi connectivity index (χ0v) is 34.0. The number of imide groups is 1. The second kappa shape index (κ2) is 16.4. The minimum absolute atomic E-state index is 0.000900. The maximum absolute atomic E-state index is 15.2. The van der Waals surface area contributed by atoms with Gasteiger partial charge in [0.2, 0.25) is 11.8 Å². The van der Waals surface area contributed by atoms with Crippen LogP contribution in [0.1, 0.15) is 144 Å². The van der Waals surface area contributed by atoms with Crippen molar-refractivity contribution in [2.24, 2.45) is 62.4 Å². The van der Waals surface area contributed by atoms with Crippen molar-refractivity contribution in [2.75, 3.05) is 31.2 Å². The van der Waals surface area contributed by atoms with Crippen LogP contribution in [-0.2, 0) is 14.4 Å². The Bertz CT molecular complexity index is 1320. The summed E-state index contributed by atoms with van der Waals surface area (Å²) in [6, 6.07) is 0. The highest BCUT2D eigenvalue weighted by Gasteiger charge is 2.72. The number of amides is 2. The van der Waals surface area contributed by atoms with E-state index in [0.717, 1.165) is 101 Å². The first-order valence-corrected chi connectivity index (χ1v) is 22.0. The number of hydrogen-bond donors (Lipinski definition) is 4. The number of aliphatic hydroxyl groups is 2. The van der Waals surface area contributed by atoms with Gasteiger partial charge < -0.3 is 21.1 Å². The van der Waals surface area contributed by atoms with Gasteiger partial charge in [-0.05, 0) is 135 Å². The Morgan fingerprint density at radius 2 is 1.52 bits per heavy atom. The number of carbonyl (C=O) groups excluding carboxylic acids is 2. The molecule has 0 bridgehead atoms. The molecule has 9 heteroatoms. The molecule has 5 fully saturated rings. The Balaban J connectivity index is 1.49. The van der Waals surface area contributed by atoms with Crippen LogP contribution < -0.4 is 5.73 Å². The monoisotopic (exact) mass is 745 g/mol. The fraction of sp³-hybridized carbons (Fsp3) is 0.884. The zero-order valence-electron chi connectivity index (χ0n) is 33.2. The molecule has 5 aliphatic rings. The number of aliphatic hydroxyl groups excluding tert-OH is 2. The molecule has 0 aromatic rings. The highest BCUT2D eigenvalue weighted by molar-refractivity contribution is 7.99. The van der Waals surface area contributed by atoms with E-state index in [-0.39, 0.29) is 58.7 Å². The summed E-state index contributed by atoms with van der Waals surface area (Å²) in [5.74, 6) is 1.00. The van der Waals surface area contributed by atoms with Crippen molar-refractivity contribution < 1.29 is 29.7 Å². The molecule has 2 amide bonds. The number of thioether (sulfide) groups is 1. The minimum Gasteiger partial charge on any atom is -0.481 e. The molecule has 8 nitrogen and oxygen atoms in total. The molecule has 0 aromatic heterocycles. The number of aliphatic carboxylic acids is 1. The van der Waals surface area contributed by atoms with Crippen molar-refractivity contribution in [1.82, 2.24) is 4.90 Å². The number of unbranched alkanes of at least 4 members (excludes halogenated alkanes) is 5. The predicted molar refractivity (Wildman–Crippen MR) is 209 cm³/mol. The van der Waals surface area contributed by atoms with Crippen molar-refractivity contribution in [2.45, 2.75) is 150 Å². The summed E-state index contributed by atoms with van der Waals surface area (Å²) in [6.45, 7) is 18.0. The molecule has 0 saturated heterocycles. The molecule has 0 heterocycles. The van der Waals surface area contributed by atoms with Crippen LogP contribution in [0.3, 0.4) is 0 Å². The maximum Gasteiger partial charge on any atom is 0.312 e. The van der Waals surface area contributed by atoms with Crippen LogP contribution >= 0.6 is 11.8 Å². The van der Waals surface area contributed by atoms with Crippen molar-refractivity contribution in [3.05, 3.63) is 12.2 Å². The highest BCUT2D eigenvalue weighted by atomic mass is 32.2. The standard InChI is InChI=1S/C43H72N2O6S/c1-29(28-52-26-25-46)30-15-20-43(38(51)45(35(48)27-36(49)50)24-12-10-8-7-9-11-23-44)22-21-41(5)31(37(30)43)13-14-33-40(4)18-17-34(47)39(2,3)32(40)16-19-42(33,41)6/h30-34,37,46-47H,1,7-28,44H2,2-6H3,(H,49,50)/t30-,31+,32-,33?,34-,37+,40-,41+,42+,43-/m0/s1. The number of nitrogens with two attached hydrogens (primary N) is 1. The van der Waals surface area contributed by atoms with E-state index in [4.69, 9.17) is 5.73 Å². The van der Waals surface area contributed by atoms with Gasteiger partial charge in [-0.15, -0.1) is 0 Å². The van der Waals surface area contributed by atoms with Gasteiger partial charge in [0.15, 0.2) is 0 Å². The van der Waals surface area contributed by atoms with E-state index in [9.17, 15) is 24.9 Å². The SMILES string of the molecule is C=C(CSCCO)[C@@H]1CC[C@]2(C(=O)N(CCCCCCCCN)C(=O)CC(=O)O)CC[C@]3(C)[C@H](CCC4[C@@]5(C)CC[C@H](O)C(C)(C)[C@@H]5CC[C@]43C)[C@@H]12. The lowest BCUT2D eigenvalue weighted by Crippen LogP contribution is -2.67. The Hall–Kier alpha value is -1.42. The number of carboxylic acids is 1. The third-order valence-electron chi connectivity index (χ3n) is 16.6. The second-order valence-corrected chi connectivity index (χ2v) is 20.2. The summed E-state index contributed by atoms with van der Waals surface area (Å²) < 4.78 is 0. The van der Waals surface area contributed by atoms with Gasteiger partial charge in [-0.25, -0.2) is 0 Å². The summed E-state index contributed by atoms with van der Waals surface area (Å²) in [5, 5.41) is 30.4. The highest BCUT2D eigenvalue weighted by Crippen LogP contribution is 2.77. The largest absolute Gasteiger partial charge is 0.481 e. The summed E-state index contributed by atoms with van der Waals surface area (Å²) in [5.41, 5.74) is 6.22. The van der Waals surface area contributed by atoms with Crippen LogP contribution in [0.4, 0.5) is 0 Å². The van der Waals surface area contributed by atoms with E-state index in [2.05, 4.69) is 41.2 Å². The number of nitrogens with zero attached hydrogens (tertiary/aromatic N) is 1. The van der Waals surface area contributed by atoms with E-state index in [0.29, 0.717) is 42.9 Å². The van der Waals surface area contributed by atoms with Crippen LogP contribution in [0.2, 0.25) is 0 Å². The maximum atomic E-state index is 15.2. The molecule has 0 radical (unpaired) electrons. The van der Waals surface area contributed by atoms with Gasteiger partial charge in [-0.3, -0.25) is 19.3 Å². The van der Waals surface area contributed by atoms with Gasteiger partial charge >= 0.3 is 5.97 Å². The van der Waals surface area contributed by atoms with Gasteiger partial charge in [-0.2, -0.15) is 11.8 Å². The van der Waals surface area contributed by atoms with Gasteiger partial charge in [0, 0.05) is 18.1 Å². The molecule has 5 N–H and O–H groups in total. The van der Waals surface area contributed by atoms with Gasteiger partial charge in [0.25, 0.3) is 0 Å². The zero-order chi connectivity index (χ0) is 38.1. The Morgan fingerprint density at radius 3 is 2.19 bits per heavy atom. The number of hydrogen-bond acceptors (Lipinski definition) is 7. The molecule has 5 aliphatic carbocycles. The fourth-order valence-electron chi connectivity index (χ4n) is 13.7. The molecule has 5 rings (SSSR count). The Labute approximate surface area is 318 Å². The quantitative estimate of drug-likeness (QED) is 0.0712. The van der Waals surface area contributed by atoms with E-state index in [1.807, 2.05) is 0 Å². The first kappa shape index (κ1) is 41.7. The predicted octanol–water partition coefficient (Wildman–Crippen LogP) is 7.84. The van der Waals surface area contributed by atoms with Crippen LogP contribution in [0.5, 0.6) is 0 Å². The summed E-state index contributed by atoms with van der Waals surface area (Å²) in [7, 11) is 0. The molecule has 0 spiro atoms. The molecule has 52 heavy (non-hydrogen) atoms. The first-order chi connectivity index (χ1) is 24.5. The van der Waals surface area contributed by atoms with Crippen molar-refractivity contribution in [3.8, 4) is 0 Å². The lowest BCUT2D eigenvalue weighted by atomic mass is 9.32. The molecular weight excluding hydrogens is 673 g/mol. The third kappa shape index (κ3) is 7.20. The third-order valence-corrected chi connectivity index (χ3v) is 17.6. The van der Waals surface area contributed by atoms with Crippen LogP contribution in [0.15, 0.2) is 12.2 Å². The van der Waals surface area contributed by atoms with E-state index >= 15 is 4.79 Å². The summed E-state index contributed by atoms with van der Waals surface area (Å²) in [6.07, 6.45) is 14.3. The molecular formula is C43H72N2O6S. The number of carboxylic acid groups (broad SMARTS) is 1. The lowest BCUT2D eigenvalue weighted by Gasteiger charge is -2.73. The fourth-order valence-corrected chi connectivity index (χ4v) is 14.5. The van der Waals surface area contributed by atoms with Crippen molar-refractivity contribution in [3.63, 3.8) is 0 Å². The van der Waals surface area contributed by atoms with E-state index < -0.39 is 23.7 Å². The molecule has 296 valence electrons. The molecule has 1 unspecified atom stereocenters. The Morgan fingerprint density at radius 1 is 0.827 bits per heavy atom. The minimum atomic E-state index is -1.19. The topological polar surface area (TPSA) is 141 Å². The molecule has 0 aromatic carbocycles. The first-order valence-electron chi connectivity index (χ1n) is 20.9. The average molecular weight is 745 g/mol. The second-order valence-electron chi connectivity index (χ2n) is 19.1. The van der Waals surface area contributed by atoms with Crippen LogP contribution in [0, 0.1) is 56.7 Å². The van der Waals surface area contributed by atoms with Gasteiger partial charge in [0.1, 0.15) is 6.42 Å². The number of rotatable bonds is 16. The number of fused-ring (bicyclic) bond motifs is 7. The van der Waals surface area contributed by atoms with Crippen LogP contribution in [-0.4, -0.2) is 75.3 Å².